The average molecular weight is 467 g/mol. The zero-order valence-corrected chi connectivity index (χ0v) is 19.9. The van der Waals surface area contributed by atoms with Gasteiger partial charge in [0.05, 0.1) is 24.0 Å². The van der Waals surface area contributed by atoms with Gasteiger partial charge in [0, 0.05) is 0 Å². The predicted octanol–water partition coefficient (Wildman–Crippen LogP) is 6.30. The molecule has 2 aliphatic carbocycles. The number of hydrogen-bond acceptors (Lipinski definition) is 2. The molecule has 36 heavy (non-hydrogen) atoms. The Hall–Kier alpha value is -3.98. The van der Waals surface area contributed by atoms with Crippen molar-refractivity contribution in [2.75, 3.05) is 13.2 Å². The SMILES string of the molecule is OCC1(c2ccc(C3(CO)c4ccccc4-c4ccccc43)cc2)c2ccccc2-c2ccccc21. The number of fused-ring (bicyclic) bond motifs is 6. The molecule has 0 aromatic heterocycles. The fourth-order valence-electron chi connectivity index (χ4n) is 6.84. The number of benzene rings is 5. The van der Waals surface area contributed by atoms with E-state index in [0.717, 1.165) is 33.4 Å². The van der Waals surface area contributed by atoms with Crippen molar-refractivity contribution in [3.8, 4) is 22.3 Å². The second kappa shape index (κ2) is 7.76. The molecule has 0 aliphatic heterocycles. The molecule has 2 aliphatic rings. The van der Waals surface area contributed by atoms with Gasteiger partial charge in [0.1, 0.15) is 0 Å². The van der Waals surface area contributed by atoms with Crippen LogP contribution in [0.5, 0.6) is 0 Å². The second-order valence-electron chi connectivity index (χ2n) is 9.89. The van der Waals surface area contributed by atoms with Gasteiger partial charge in [-0.3, -0.25) is 0 Å². The first-order valence-corrected chi connectivity index (χ1v) is 12.5. The Morgan fingerprint density at radius 3 is 0.861 bits per heavy atom. The van der Waals surface area contributed by atoms with E-state index >= 15 is 0 Å². The van der Waals surface area contributed by atoms with Crippen molar-refractivity contribution in [3.63, 3.8) is 0 Å². The van der Waals surface area contributed by atoms with Crippen LogP contribution in [-0.2, 0) is 10.8 Å². The minimum atomic E-state index is -0.621. The van der Waals surface area contributed by atoms with Crippen molar-refractivity contribution in [1.29, 1.82) is 0 Å². The van der Waals surface area contributed by atoms with Gasteiger partial charge < -0.3 is 10.2 Å². The predicted molar refractivity (Wildman–Crippen MR) is 144 cm³/mol. The van der Waals surface area contributed by atoms with Crippen LogP contribution in [0.2, 0.25) is 0 Å². The van der Waals surface area contributed by atoms with Gasteiger partial charge in [0.15, 0.2) is 0 Å². The molecule has 0 saturated carbocycles. The van der Waals surface area contributed by atoms with E-state index in [-0.39, 0.29) is 13.2 Å². The Balaban J connectivity index is 1.44. The lowest BCUT2D eigenvalue weighted by molar-refractivity contribution is 0.243. The summed E-state index contributed by atoms with van der Waals surface area (Å²) < 4.78 is 0. The van der Waals surface area contributed by atoms with Crippen LogP contribution in [0.3, 0.4) is 0 Å². The molecule has 0 heterocycles. The van der Waals surface area contributed by atoms with Crippen molar-refractivity contribution in [2.24, 2.45) is 0 Å². The van der Waals surface area contributed by atoms with Gasteiger partial charge in [0.25, 0.3) is 0 Å². The molecule has 174 valence electrons. The summed E-state index contributed by atoms with van der Waals surface area (Å²) >= 11 is 0. The Morgan fingerprint density at radius 1 is 0.361 bits per heavy atom. The zero-order valence-electron chi connectivity index (χ0n) is 19.9. The molecule has 2 heteroatoms. The fourth-order valence-corrected chi connectivity index (χ4v) is 6.84. The molecule has 2 nitrogen and oxygen atoms in total. The van der Waals surface area contributed by atoms with E-state index in [1.165, 1.54) is 22.3 Å². The summed E-state index contributed by atoms with van der Waals surface area (Å²) in [4.78, 5) is 0. The number of aliphatic hydroxyl groups is 2. The van der Waals surface area contributed by atoms with Crippen LogP contribution < -0.4 is 0 Å². The molecular formula is C34H26O2. The maximum atomic E-state index is 11.0. The summed E-state index contributed by atoms with van der Waals surface area (Å²) in [5.74, 6) is 0. The van der Waals surface area contributed by atoms with Crippen molar-refractivity contribution in [1.82, 2.24) is 0 Å². The van der Waals surface area contributed by atoms with Gasteiger partial charge >= 0.3 is 0 Å². The molecule has 5 aromatic rings. The molecule has 0 bridgehead atoms. The van der Waals surface area contributed by atoms with Crippen molar-refractivity contribution >= 4 is 0 Å². The smallest absolute Gasteiger partial charge is 0.0694 e. The first-order chi connectivity index (χ1) is 17.8. The molecular weight excluding hydrogens is 440 g/mol. The third kappa shape index (κ3) is 2.53. The first-order valence-electron chi connectivity index (χ1n) is 12.5. The zero-order chi connectivity index (χ0) is 24.3. The van der Waals surface area contributed by atoms with Crippen LogP contribution >= 0.6 is 0 Å². The Labute approximate surface area is 211 Å². The van der Waals surface area contributed by atoms with Gasteiger partial charge in [-0.2, -0.15) is 0 Å². The van der Waals surface area contributed by atoms with Gasteiger partial charge in [-0.05, 0) is 55.6 Å². The summed E-state index contributed by atoms with van der Waals surface area (Å²) in [5, 5.41) is 21.9. The molecule has 2 N–H and O–H groups in total. The van der Waals surface area contributed by atoms with E-state index in [2.05, 4.69) is 121 Å². The molecule has 0 radical (unpaired) electrons. The molecule has 0 unspecified atom stereocenters. The lowest BCUT2D eigenvalue weighted by atomic mass is 9.70. The van der Waals surface area contributed by atoms with Crippen molar-refractivity contribution in [2.45, 2.75) is 10.8 Å². The lowest BCUT2D eigenvalue weighted by Gasteiger charge is -2.33. The fraction of sp³-hybridized carbons (Fsp3) is 0.118. The Bertz CT molecular complexity index is 1400. The normalized spacial score (nSPS) is 15.6. The Kier molecular flexibility index (Phi) is 4.59. The number of hydrogen-bond donors (Lipinski definition) is 2. The third-order valence-electron chi connectivity index (χ3n) is 8.47. The van der Waals surface area contributed by atoms with Gasteiger partial charge in [-0.25, -0.2) is 0 Å². The molecule has 5 aromatic carbocycles. The minimum absolute atomic E-state index is 0.0167. The van der Waals surface area contributed by atoms with E-state index in [1.54, 1.807) is 0 Å². The van der Waals surface area contributed by atoms with E-state index in [1.807, 2.05) is 0 Å². The molecule has 0 spiro atoms. The topological polar surface area (TPSA) is 40.5 Å². The highest BCUT2D eigenvalue weighted by Crippen LogP contribution is 2.54. The van der Waals surface area contributed by atoms with Gasteiger partial charge in [-0.15, -0.1) is 0 Å². The number of aliphatic hydroxyl groups excluding tert-OH is 2. The highest BCUT2D eigenvalue weighted by Gasteiger charge is 2.46. The monoisotopic (exact) mass is 466 g/mol. The quantitative estimate of drug-likeness (QED) is 0.326. The summed E-state index contributed by atoms with van der Waals surface area (Å²) in [6, 6.07) is 42.2. The summed E-state index contributed by atoms with van der Waals surface area (Å²) in [7, 11) is 0. The first kappa shape index (κ1) is 21.3. The van der Waals surface area contributed by atoms with Gasteiger partial charge in [0.2, 0.25) is 0 Å². The highest BCUT2D eigenvalue weighted by molar-refractivity contribution is 5.85. The maximum absolute atomic E-state index is 11.0. The molecule has 0 fully saturated rings. The summed E-state index contributed by atoms with van der Waals surface area (Å²) in [5.41, 5.74) is 10.1. The van der Waals surface area contributed by atoms with Crippen LogP contribution in [0, 0.1) is 0 Å². The summed E-state index contributed by atoms with van der Waals surface area (Å²) in [6.45, 7) is -0.0334. The maximum Gasteiger partial charge on any atom is 0.0694 e. The summed E-state index contributed by atoms with van der Waals surface area (Å²) in [6.07, 6.45) is 0. The molecule has 0 saturated heterocycles. The molecule has 0 amide bonds. The highest BCUT2D eigenvalue weighted by atomic mass is 16.3. The van der Waals surface area contributed by atoms with Crippen LogP contribution in [0.15, 0.2) is 121 Å². The van der Waals surface area contributed by atoms with E-state index in [9.17, 15) is 10.2 Å². The van der Waals surface area contributed by atoms with Crippen molar-refractivity contribution < 1.29 is 10.2 Å². The molecule has 7 rings (SSSR count). The average Bonchev–Trinajstić information content (AvgIpc) is 3.42. The standard InChI is InChI=1S/C34H26O2/c35-21-33(29-13-5-1-9-25(29)26-10-2-6-14-30(26)33)23-17-19-24(20-18-23)34(22-36)31-15-7-3-11-27(31)28-12-4-8-16-32(28)34/h1-20,35-36H,21-22H2. The Morgan fingerprint density at radius 2 is 0.611 bits per heavy atom. The molecule has 0 atom stereocenters. The van der Waals surface area contributed by atoms with Crippen LogP contribution in [-0.4, -0.2) is 23.4 Å². The van der Waals surface area contributed by atoms with Crippen LogP contribution in [0.1, 0.15) is 33.4 Å². The minimum Gasteiger partial charge on any atom is -0.395 e. The van der Waals surface area contributed by atoms with Crippen molar-refractivity contribution in [3.05, 3.63) is 155 Å². The van der Waals surface area contributed by atoms with Crippen LogP contribution in [0.4, 0.5) is 0 Å². The number of rotatable bonds is 4. The van der Waals surface area contributed by atoms with Gasteiger partial charge in [-0.1, -0.05) is 121 Å². The van der Waals surface area contributed by atoms with E-state index < -0.39 is 10.8 Å². The third-order valence-corrected chi connectivity index (χ3v) is 8.47. The van der Waals surface area contributed by atoms with E-state index in [0.29, 0.717) is 0 Å². The van der Waals surface area contributed by atoms with E-state index in [4.69, 9.17) is 0 Å². The lowest BCUT2D eigenvalue weighted by Crippen LogP contribution is -2.33. The van der Waals surface area contributed by atoms with Crippen LogP contribution in [0.25, 0.3) is 22.3 Å². The largest absolute Gasteiger partial charge is 0.395 e. The second-order valence-corrected chi connectivity index (χ2v) is 9.89.